The number of nitrogens with zero attached hydrogens (tertiary/aromatic N) is 2. The smallest absolute Gasteiger partial charge is 0.303 e. The Morgan fingerprint density at radius 3 is 2.40 bits per heavy atom. The van der Waals surface area contributed by atoms with Gasteiger partial charge < -0.3 is 19.5 Å². The van der Waals surface area contributed by atoms with E-state index in [9.17, 15) is 9.59 Å². The van der Waals surface area contributed by atoms with Crippen molar-refractivity contribution in [1.29, 1.82) is 0 Å². The van der Waals surface area contributed by atoms with Gasteiger partial charge in [0.15, 0.2) is 0 Å². The van der Waals surface area contributed by atoms with Gasteiger partial charge in [0.1, 0.15) is 11.5 Å². The Kier molecular flexibility index (Phi) is 7.06. The lowest BCUT2D eigenvalue weighted by Crippen LogP contribution is -2.48. The molecule has 2 rings (SSSR count). The van der Waals surface area contributed by atoms with E-state index < -0.39 is 5.97 Å². The Hall–Kier alpha value is -2.28. The number of carbonyl (C=O) groups excluding carboxylic acids is 1. The minimum Gasteiger partial charge on any atom is -0.497 e. The molecule has 1 amide bonds. The molecular weight excluding hydrogens is 324 g/mol. The number of hydrogen-bond donors (Lipinski definition) is 1. The Morgan fingerprint density at radius 2 is 1.80 bits per heavy atom. The maximum Gasteiger partial charge on any atom is 0.303 e. The van der Waals surface area contributed by atoms with E-state index in [-0.39, 0.29) is 12.3 Å². The van der Waals surface area contributed by atoms with Crippen molar-refractivity contribution < 1.29 is 24.2 Å². The SMILES string of the molecule is COc1ccc(C(=O)N2CCN(CCCCC(=O)O)CC2)c(OC)c1. The molecule has 1 fully saturated rings. The highest BCUT2D eigenvalue weighted by molar-refractivity contribution is 5.97. The summed E-state index contributed by atoms with van der Waals surface area (Å²) in [6, 6.07) is 5.21. The number of carbonyl (C=O) groups is 2. The Morgan fingerprint density at radius 1 is 1.08 bits per heavy atom. The van der Waals surface area contributed by atoms with Crippen LogP contribution < -0.4 is 9.47 Å². The summed E-state index contributed by atoms with van der Waals surface area (Å²) in [6.45, 7) is 3.80. The highest BCUT2D eigenvalue weighted by Gasteiger charge is 2.24. The number of carboxylic acids is 1. The van der Waals surface area contributed by atoms with Crippen molar-refractivity contribution in [3.8, 4) is 11.5 Å². The number of piperazine rings is 1. The first-order valence-corrected chi connectivity index (χ1v) is 8.50. The summed E-state index contributed by atoms with van der Waals surface area (Å²) in [5.74, 6) is 0.383. The number of methoxy groups -OCH3 is 2. The summed E-state index contributed by atoms with van der Waals surface area (Å²) in [5, 5.41) is 8.65. The molecular formula is C18H26N2O5. The van der Waals surface area contributed by atoms with Gasteiger partial charge in [-0.1, -0.05) is 0 Å². The quantitative estimate of drug-likeness (QED) is 0.719. The number of benzene rings is 1. The number of amides is 1. The van der Waals surface area contributed by atoms with E-state index in [4.69, 9.17) is 14.6 Å². The Labute approximate surface area is 148 Å². The zero-order valence-corrected chi connectivity index (χ0v) is 14.9. The van der Waals surface area contributed by atoms with E-state index in [1.54, 1.807) is 32.4 Å². The van der Waals surface area contributed by atoms with Gasteiger partial charge in [0.25, 0.3) is 5.91 Å². The molecule has 0 atom stereocenters. The first-order valence-electron chi connectivity index (χ1n) is 8.50. The first-order chi connectivity index (χ1) is 12.0. The number of hydrogen-bond acceptors (Lipinski definition) is 5. The lowest BCUT2D eigenvalue weighted by molar-refractivity contribution is -0.137. The highest BCUT2D eigenvalue weighted by Crippen LogP contribution is 2.26. The van der Waals surface area contributed by atoms with Crippen LogP contribution >= 0.6 is 0 Å². The van der Waals surface area contributed by atoms with Gasteiger partial charge in [-0.05, 0) is 31.5 Å². The van der Waals surface area contributed by atoms with Crippen molar-refractivity contribution >= 4 is 11.9 Å². The van der Waals surface area contributed by atoms with E-state index in [1.807, 2.05) is 4.90 Å². The third-order valence-corrected chi connectivity index (χ3v) is 4.41. The molecule has 0 bridgehead atoms. The normalized spacial score (nSPS) is 15.0. The Bertz CT molecular complexity index is 597. The van der Waals surface area contributed by atoms with Crippen LogP contribution in [0.2, 0.25) is 0 Å². The van der Waals surface area contributed by atoms with Crippen molar-refractivity contribution in [2.45, 2.75) is 19.3 Å². The number of ether oxygens (including phenoxy) is 2. The molecule has 1 saturated heterocycles. The van der Waals surface area contributed by atoms with Crippen LogP contribution in [0.5, 0.6) is 11.5 Å². The number of aliphatic carboxylic acids is 1. The molecule has 1 aromatic carbocycles. The molecule has 1 aliphatic rings. The molecule has 1 aliphatic heterocycles. The molecule has 7 nitrogen and oxygen atoms in total. The molecule has 1 aromatic rings. The van der Waals surface area contributed by atoms with Crippen molar-refractivity contribution in [3.63, 3.8) is 0 Å². The lowest BCUT2D eigenvalue weighted by Gasteiger charge is -2.35. The van der Waals surface area contributed by atoms with Crippen LogP contribution in [0.1, 0.15) is 29.6 Å². The standard InChI is InChI=1S/C18H26N2O5/c1-24-14-6-7-15(16(13-14)25-2)18(23)20-11-9-19(10-12-20)8-4-3-5-17(21)22/h6-7,13H,3-5,8-12H2,1-2H3,(H,21,22). The summed E-state index contributed by atoms with van der Waals surface area (Å²) in [5.41, 5.74) is 0.540. The molecule has 0 saturated carbocycles. The zero-order valence-electron chi connectivity index (χ0n) is 14.9. The van der Waals surface area contributed by atoms with Crippen molar-refractivity contribution in [2.75, 3.05) is 46.9 Å². The van der Waals surface area contributed by atoms with Gasteiger partial charge in [0.2, 0.25) is 0 Å². The monoisotopic (exact) mass is 350 g/mol. The fourth-order valence-electron chi connectivity index (χ4n) is 2.93. The van der Waals surface area contributed by atoms with Crippen molar-refractivity contribution in [3.05, 3.63) is 23.8 Å². The van der Waals surface area contributed by atoms with E-state index in [2.05, 4.69) is 4.90 Å². The maximum absolute atomic E-state index is 12.7. The average molecular weight is 350 g/mol. The van der Waals surface area contributed by atoms with E-state index >= 15 is 0 Å². The van der Waals surface area contributed by atoms with Gasteiger partial charge in [0.05, 0.1) is 19.8 Å². The molecule has 0 aromatic heterocycles. The van der Waals surface area contributed by atoms with Gasteiger partial charge in [-0.15, -0.1) is 0 Å². The summed E-state index contributed by atoms with van der Waals surface area (Å²) in [7, 11) is 3.12. The predicted octanol–water partition coefficient (Wildman–Crippen LogP) is 1.72. The number of carboxylic acid groups (broad SMARTS) is 1. The molecule has 0 spiro atoms. The molecule has 0 radical (unpaired) electrons. The van der Waals surface area contributed by atoms with Gasteiger partial charge in [-0.25, -0.2) is 0 Å². The van der Waals surface area contributed by atoms with E-state index in [1.165, 1.54) is 0 Å². The zero-order chi connectivity index (χ0) is 18.2. The molecule has 0 unspecified atom stereocenters. The second-order valence-electron chi connectivity index (χ2n) is 6.05. The third kappa shape index (κ3) is 5.35. The molecule has 1 heterocycles. The minimum atomic E-state index is -0.746. The predicted molar refractivity (Wildman–Crippen MR) is 93.4 cm³/mol. The van der Waals surface area contributed by atoms with Gasteiger partial charge in [-0.3, -0.25) is 14.5 Å². The van der Waals surface area contributed by atoms with Gasteiger partial charge in [-0.2, -0.15) is 0 Å². The molecule has 0 aliphatic carbocycles. The minimum absolute atomic E-state index is 0.0370. The average Bonchev–Trinajstić information content (AvgIpc) is 2.64. The lowest BCUT2D eigenvalue weighted by atomic mass is 10.1. The maximum atomic E-state index is 12.7. The Balaban J connectivity index is 1.86. The molecule has 25 heavy (non-hydrogen) atoms. The highest BCUT2D eigenvalue weighted by atomic mass is 16.5. The molecule has 138 valence electrons. The fraction of sp³-hybridized carbons (Fsp3) is 0.556. The molecule has 7 heteroatoms. The number of rotatable bonds is 8. The summed E-state index contributed by atoms with van der Waals surface area (Å²) < 4.78 is 10.5. The third-order valence-electron chi connectivity index (χ3n) is 4.41. The van der Waals surface area contributed by atoms with Gasteiger partial charge >= 0.3 is 5.97 Å². The van der Waals surface area contributed by atoms with Crippen LogP contribution in [-0.4, -0.2) is 73.7 Å². The van der Waals surface area contributed by atoms with Crippen LogP contribution in [0.3, 0.4) is 0 Å². The van der Waals surface area contributed by atoms with E-state index in [0.29, 0.717) is 36.6 Å². The first kappa shape index (κ1) is 19.1. The van der Waals surface area contributed by atoms with Crippen molar-refractivity contribution in [2.24, 2.45) is 0 Å². The second kappa shape index (κ2) is 9.27. The second-order valence-corrected chi connectivity index (χ2v) is 6.05. The topological polar surface area (TPSA) is 79.3 Å². The summed E-state index contributed by atoms with van der Waals surface area (Å²) in [6.07, 6.45) is 1.78. The van der Waals surface area contributed by atoms with Crippen molar-refractivity contribution in [1.82, 2.24) is 9.80 Å². The van der Waals surface area contributed by atoms with Crippen LogP contribution in [-0.2, 0) is 4.79 Å². The molecule has 1 N–H and O–H groups in total. The van der Waals surface area contributed by atoms with Crippen LogP contribution in [0.15, 0.2) is 18.2 Å². The largest absolute Gasteiger partial charge is 0.497 e. The van der Waals surface area contributed by atoms with E-state index in [0.717, 1.165) is 26.1 Å². The van der Waals surface area contributed by atoms with Gasteiger partial charge in [0, 0.05) is 38.7 Å². The van der Waals surface area contributed by atoms with Crippen LogP contribution in [0.25, 0.3) is 0 Å². The summed E-state index contributed by atoms with van der Waals surface area (Å²) >= 11 is 0. The van der Waals surface area contributed by atoms with Crippen LogP contribution in [0.4, 0.5) is 0 Å². The number of unbranched alkanes of at least 4 members (excludes halogenated alkanes) is 1. The van der Waals surface area contributed by atoms with Crippen LogP contribution in [0, 0.1) is 0 Å². The fourth-order valence-corrected chi connectivity index (χ4v) is 2.93. The summed E-state index contributed by atoms with van der Waals surface area (Å²) in [4.78, 5) is 27.4.